The Labute approximate surface area is 121 Å². The maximum absolute atomic E-state index is 11.0. The van der Waals surface area contributed by atoms with E-state index in [1.165, 1.54) is 12.1 Å². The summed E-state index contributed by atoms with van der Waals surface area (Å²) in [4.78, 5) is 22.0. The second kappa shape index (κ2) is 5.31. The Hall–Kier alpha value is -1.36. The average Bonchev–Trinajstić information content (AvgIpc) is 2.27. The predicted octanol–water partition coefficient (Wildman–Crippen LogP) is -0.647. The fourth-order valence-electron chi connectivity index (χ4n) is 1.70. The third-order valence-electron chi connectivity index (χ3n) is 2.37. The molecule has 0 radical (unpaired) electrons. The van der Waals surface area contributed by atoms with E-state index in [4.69, 9.17) is 10.2 Å². The Bertz CT molecular complexity index is 549. The van der Waals surface area contributed by atoms with Crippen molar-refractivity contribution >= 4 is 22.7 Å². The fourth-order valence-corrected chi connectivity index (χ4v) is 1.70. The molecule has 4 nitrogen and oxygen atoms in total. The molecule has 0 atom stereocenters. The molecule has 0 bridgehead atoms. The van der Waals surface area contributed by atoms with Crippen molar-refractivity contribution in [1.29, 1.82) is 0 Å². The van der Waals surface area contributed by atoms with Gasteiger partial charge in [0, 0.05) is 5.39 Å². The summed E-state index contributed by atoms with van der Waals surface area (Å²) in [5, 5.41) is 18.9. The number of fused-ring (bicyclic) bond motifs is 1. The molecule has 0 aliphatic carbocycles. The van der Waals surface area contributed by atoms with Crippen molar-refractivity contribution in [2.24, 2.45) is 0 Å². The number of carboxylic acid groups (broad SMARTS) is 2. The normalized spacial score (nSPS) is 9.65. The number of aromatic carboxylic acids is 2. The molecule has 0 fully saturated rings. The van der Waals surface area contributed by atoms with Crippen LogP contribution in [0.3, 0.4) is 0 Å². The van der Waals surface area contributed by atoms with Crippen LogP contribution in [0.15, 0.2) is 36.4 Å². The van der Waals surface area contributed by atoms with Gasteiger partial charge in [0.05, 0.1) is 11.1 Å². The van der Waals surface area contributed by atoms with Gasteiger partial charge < -0.3 is 11.6 Å². The van der Waals surface area contributed by atoms with Gasteiger partial charge in [0.25, 0.3) is 0 Å². The van der Waals surface area contributed by atoms with Gasteiger partial charge in [-0.15, -0.1) is 0 Å². The minimum absolute atomic E-state index is 0. The first-order valence-electron chi connectivity index (χ1n) is 4.59. The van der Waals surface area contributed by atoms with E-state index in [1.807, 2.05) is 0 Å². The van der Waals surface area contributed by atoms with E-state index in [2.05, 4.69) is 0 Å². The van der Waals surface area contributed by atoms with Gasteiger partial charge >= 0.3 is 41.5 Å². The number of benzene rings is 2. The van der Waals surface area contributed by atoms with E-state index in [9.17, 15) is 9.59 Å². The Kier molecular flexibility index (Phi) is 4.28. The molecule has 2 rings (SSSR count). The zero-order valence-corrected chi connectivity index (χ0v) is 11.2. The Morgan fingerprint density at radius 2 is 1.29 bits per heavy atom. The zero-order chi connectivity index (χ0) is 11.7. The summed E-state index contributed by atoms with van der Waals surface area (Å²) in [6, 6.07) is 9.37. The van der Waals surface area contributed by atoms with Crippen molar-refractivity contribution in [2.75, 3.05) is 0 Å². The number of carboxylic acids is 2. The second-order valence-electron chi connectivity index (χ2n) is 3.32. The van der Waals surface area contributed by atoms with Gasteiger partial charge in [-0.2, -0.15) is 0 Å². The molecule has 0 heterocycles. The monoisotopic (exact) mass is 240 g/mol. The van der Waals surface area contributed by atoms with Crippen LogP contribution in [-0.4, -0.2) is 22.2 Å². The molecule has 0 aliphatic rings. The van der Waals surface area contributed by atoms with Crippen LogP contribution in [0.4, 0.5) is 0 Å². The van der Waals surface area contributed by atoms with E-state index >= 15 is 0 Å². The first-order chi connectivity index (χ1) is 7.61. The van der Waals surface area contributed by atoms with Crippen molar-refractivity contribution in [3.63, 3.8) is 0 Å². The summed E-state index contributed by atoms with van der Waals surface area (Å²) in [7, 11) is 0. The average molecular weight is 240 g/mol. The number of rotatable bonds is 2. The third-order valence-corrected chi connectivity index (χ3v) is 2.37. The van der Waals surface area contributed by atoms with Crippen molar-refractivity contribution in [3.05, 3.63) is 47.5 Å². The zero-order valence-electron chi connectivity index (χ0n) is 10.2. The minimum atomic E-state index is -1.13. The smallest absolute Gasteiger partial charge is 1.00 e. The van der Waals surface area contributed by atoms with Crippen LogP contribution in [0.2, 0.25) is 0 Å². The summed E-state index contributed by atoms with van der Waals surface area (Å²) in [5.74, 6) is -2.25. The second-order valence-corrected chi connectivity index (χ2v) is 3.32. The summed E-state index contributed by atoms with van der Waals surface area (Å²) in [6.45, 7) is 0. The Morgan fingerprint density at radius 3 is 1.65 bits per heavy atom. The molecule has 2 N–H and O–H groups in total. The summed E-state index contributed by atoms with van der Waals surface area (Å²) >= 11 is 0. The van der Waals surface area contributed by atoms with Gasteiger partial charge in [-0.1, -0.05) is 24.3 Å². The van der Waals surface area contributed by atoms with E-state index in [-0.39, 0.29) is 47.5 Å². The van der Waals surface area contributed by atoms with Crippen LogP contribution in [0.25, 0.3) is 10.8 Å². The first kappa shape index (κ1) is 13.7. The van der Waals surface area contributed by atoms with Gasteiger partial charge in [-0.3, -0.25) is 0 Å². The summed E-state index contributed by atoms with van der Waals surface area (Å²) < 4.78 is 0. The molecule has 2 aromatic carbocycles. The SMILES string of the molecule is O=C(O)c1cccc2cccc(C(=O)O)c12.[H-].[Na+]. The fraction of sp³-hybridized carbons (Fsp3) is 0. The van der Waals surface area contributed by atoms with Gasteiger partial charge in [0.15, 0.2) is 0 Å². The van der Waals surface area contributed by atoms with E-state index in [1.54, 1.807) is 24.3 Å². The van der Waals surface area contributed by atoms with Crippen LogP contribution < -0.4 is 29.6 Å². The van der Waals surface area contributed by atoms with Crippen molar-refractivity contribution in [2.45, 2.75) is 0 Å². The molecule has 82 valence electrons. The molecule has 0 aliphatic heterocycles. The molecule has 0 saturated carbocycles. The van der Waals surface area contributed by atoms with E-state index in [0.717, 1.165) is 0 Å². The molecule has 2 aromatic rings. The van der Waals surface area contributed by atoms with E-state index < -0.39 is 11.9 Å². The molecule has 0 saturated heterocycles. The molecule has 0 unspecified atom stereocenters. The number of hydrogen-bond donors (Lipinski definition) is 2. The maximum Gasteiger partial charge on any atom is 1.00 e. The number of carbonyl (C=O) groups is 2. The topological polar surface area (TPSA) is 74.6 Å². The standard InChI is InChI=1S/C12H8O4.Na.H/c13-11(14)8-5-1-3-7-4-2-6-9(10(7)8)12(15)16;;/h1-6H,(H,13,14)(H,15,16);;/q;+1;-1. The van der Waals surface area contributed by atoms with Gasteiger partial charge in [-0.25, -0.2) is 9.59 Å². The van der Waals surface area contributed by atoms with Crippen LogP contribution in [0, 0.1) is 0 Å². The third kappa shape index (κ3) is 2.49. The van der Waals surface area contributed by atoms with E-state index in [0.29, 0.717) is 5.39 Å². The molecular weight excluding hydrogens is 231 g/mol. The Balaban J connectivity index is 0.00000144. The predicted molar refractivity (Wildman–Crippen MR) is 59.0 cm³/mol. The van der Waals surface area contributed by atoms with Gasteiger partial charge in [-0.05, 0) is 17.5 Å². The van der Waals surface area contributed by atoms with Gasteiger partial charge in [0.1, 0.15) is 0 Å². The molecule has 17 heavy (non-hydrogen) atoms. The quantitative estimate of drug-likeness (QED) is 0.684. The number of hydrogen-bond acceptors (Lipinski definition) is 2. The molecular formula is C12H9NaO4. The summed E-state index contributed by atoms with van der Waals surface area (Å²) in [5.41, 5.74) is 0.0194. The van der Waals surface area contributed by atoms with Crippen LogP contribution >= 0.6 is 0 Å². The molecule has 0 aromatic heterocycles. The molecule has 0 amide bonds. The molecule has 5 heteroatoms. The minimum Gasteiger partial charge on any atom is -1.00 e. The van der Waals surface area contributed by atoms with Crippen molar-refractivity contribution in [1.82, 2.24) is 0 Å². The first-order valence-corrected chi connectivity index (χ1v) is 4.59. The van der Waals surface area contributed by atoms with Crippen molar-refractivity contribution in [3.8, 4) is 0 Å². The van der Waals surface area contributed by atoms with Crippen molar-refractivity contribution < 1.29 is 50.8 Å². The Morgan fingerprint density at radius 1 is 0.882 bits per heavy atom. The van der Waals surface area contributed by atoms with Crippen LogP contribution in [0.5, 0.6) is 0 Å². The maximum atomic E-state index is 11.0. The largest absolute Gasteiger partial charge is 1.00 e. The van der Waals surface area contributed by atoms with Crippen LogP contribution in [0.1, 0.15) is 22.1 Å². The summed E-state index contributed by atoms with van der Waals surface area (Å²) in [6.07, 6.45) is 0. The van der Waals surface area contributed by atoms with Crippen LogP contribution in [-0.2, 0) is 0 Å². The van der Waals surface area contributed by atoms with Gasteiger partial charge in [0.2, 0.25) is 0 Å². The molecule has 0 spiro atoms.